The molecule has 1 amide bonds. The molecular formula is C12H18N2O3S. The minimum absolute atomic E-state index is 0.117. The van der Waals surface area contributed by atoms with Crippen LogP contribution in [0.1, 0.15) is 30.6 Å². The molecule has 0 spiro atoms. The number of carbonyl (C=O) groups is 1. The lowest BCUT2D eigenvalue weighted by molar-refractivity contribution is 0.0939. The minimum Gasteiger partial charge on any atom is -0.350 e. The Kier molecular flexibility index (Phi) is 4.72. The van der Waals surface area contributed by atoms with Crippen LogP contribution in [0.15, 0.2) is 24.3 Å². The highest BCUT2D eigenvalue weighted by molar-refractivity contribution is 7.92. The van der Waals surface area contributed by atoms with Crippen molar-refractivity contribution in [3.63, 3.8) is 0 Å². The van der Waals surface area contributed by atoms with Crippen LogP contribution >= 0.6 is 0 Å². The van der Waals surface area contributed by atoms with Gasteiger partial charge in [-0.2, -0.15) is 0 Å². The van der Waals surface area contributed by atoms with E-state index in [0.29, 0.717) is 11.3 Å². The summed E-state index contributed by atoms with van der Waals surface area (Å²) in [6, 6.07) is 6.42. The molecule has 1 aromatic rings. The zero-order chi connectivity index (χ0) is 13.8. The normalized spacial score (nSPS) is 12.8. The molecule has 0 heterocycles. The van der Waals surface area contributed by atoms with Gasteiger partial charge in [0, 0.05) is 17.3 Å². The fraction of sp³-hybridized carbons (Fsp3) is 0.417. The Labute approximate surface area is 108 Å². The maximum absolute atomic E-state index is 11.8. The Hall–Kier alpha value is -1.56. The van der Waals surface area contributed by atoms with E-state index in [-0.39, 0.29) is 11.9 Å². The van der Waals surface area contributed by atoms with E-state index in [4.69, 9.17) is 0 Å². The van der Waals surface area contributed by atoms with Crippen LogP contribution in [0.2, 0.25) is 0 Å². The minimum atomic E-state index is -3.28. The number of nitrogens with one attached hydrogen (secondary N) is 2. The third-order valence-corrected chi connectivity index (χ3v) is 3.05. The van der Waals surface area contributed by atoms with Crippen LogP contribution in [0.5, 0.6) is 0 Å². The fourth-order valence-corrected chi connectivity index (χ4v) is 1.88. The summed E-state index contributed by atoms with van der Waals surface area (Å²) in [5, 5.41) is 2.84. The third kappa shape index (κ3) is 4.75. The second kappa shape index (κ2) is 5.86. The van der Waals surface area contributed by atoms with Crippen molar-refractivity contribution in [2.45, 2.75) is 26.3 Å². The van der Waals surface area contributed by atoms with Crippen molar-refractivity contribution in [3.8, 4) is 0 Å². The predicted molar refractivity (Wildman–Crippen MR) is 72.1 cm³/mol. The second-order valence-corrected chi connectivity index (χ2v) is 5.98. The van der Waals surface area contributed by atoms with Gasteiger partial charge in [-0.1, -0.05) is 6.92 Å². The first-order valence-corrected chi connectivity index (χ1v) is 7.59. The molecule has 1 aromatic carbocycles. The summed E-state index contributed by atoms with van der Waals surface area (Å²) in [5.74, 6) is -0.157. The lowest BCUT2D eigenvalue weighted by atomic mass is 10.1. The lowest BCUT2D eigenvalue weighted by Crippen LogP contribution is -2.31. The number of sulfonamides is 1. The lowest BCUT2D eigenvalue weighted by Gasteiger charge is -2.11. The Morgan fingerprint density at radius 2 is 1.83 bits per heavy atom. The number of hydrogen-bond acceptors (Lipinski definition) is 3. The number of anilines is 1. The topological polar surface area (TPSA) is 75.3 Å². The maximum Gasteiger partial charge on any atom is 0.251 e. The van der Waals surface area contributed by atoms with Gasteiger partial charge in [-0.15, -0.1) is 0 Å². The van der Waals surface area contributed by atoms with E-state index in [1.165, 1.54) is 0 Å². The highest BCUT2D eigenvalue weighted by Gasteiger charge is 2.08. The van der Waals surface area contributed by atoms with Crippen LogP contribution in [0, 0.1) is 0 Å². The first-order chi connectivity index (χ1) is 8.31. The summed E-state index contributed by atoms with van der Waals surface area (Å²) in [7, 11) is -3.28. The van der Waals surface area contributed by atoms with Crippen LogP contribution in [-0.4, -0.2) is 26.6 Å². The molecule has 0 aliphatic heterocycles. The Balaban J connectivity index is 2.74. The van der Waals surface area contributed by atoms with Crippen molar-refractivity contribution >= 4 is 21.6 Å². The maximum atomic E-state index is 11.8. The van der Waals surface area contributed by atoms with Crippen molar-refractivity contribution in [2.24, 2.45) is 0 Å². The van der Waals surface area contributed by atoms with Gasteiger partial charge >= 0.3 is 0 Å². The summed E-state index contributed by atoms with van der Waals surface area (Å²) in [4.78, 5) is 11.8. The van der Waals surface area contributed by atoms with Gasteiger partial charge in [0.05, 0.1) is 6.26 Å². The highest BCUT2D eigenvalue weighted by atomic mass is 32.2. The van der Waals surface area contributed by atoms with Gasteiger partial charge in [0.1, 0.15) is 0 Å². The number of rotatable bonds is 5. The van der Waals surface area contributed by atoms with Crippen LogP contribution in [0.4, 0.5) is 5.69 Å². The standard InChI is InChI=1S/C12H18N2O3S/c1-4-9(2)13-12(15)10-5-7-11(8-6-10)14-18(3,16)17/h5-9,14H,4H2,1-3H3,(H,13,15)/t9-/m1/s1. The predicted octanol–water partition coefficient (Wildman–Crippen LogP) is 1.59. The average molecular weight is 270 g/mol. The van der Waals surface area contributed by atoms with E-state index in [1.807, 2.05) is 13.8 Å². The van der Waals surface area contributed by atoms with Crippen LogP contribution in [0.3, 0.4) is 0 Å². The number of amides is 1. The Morgan fingerprint density at radius 3 is 2.28 bits per heavy atom. The molecule has 100 valence electrons. The molecule has 0 aromatic heterocycles. The molecule has 0 fully saturated rings. The summed E-state index contributed by atoms with van der Waals surface area (Å²) >= 11 is 0. The van der Waals surface area contributed by atoms with Crippen molar-refractivity contribution < 1.29 is 13.2 Å². The average Bonchev–Trinajstić information content (AvgIpc) is 2.27. The molecular weight excluding hydrogens is 252 g/mol. The zero-order valence-corrected chi connectivity index (χ0v) is 11.5. The van der Waals surface area contributed by atoms with E-state index >= 15 is 0 Å². The summed E-state index contributed by atoms with van der Waals surface area (Å²) < 4.78 is 24.4. The molecule has 0 aliphatic rings. The molecule has 0 radical (unpaired) electrons. The van der Waals surface area contributed by atoms with Gasteiger partial charge in [-0.05, 0) is 37.6 Å². The molecule has 1 atom stereocenters. The molecule has 1 rings (SSSR count). The van der Waals surface area contributed by atoms with E-state index in [2.05, 4.69) is 10.0 Å². The van der Waals surface area contributed by atoms with Gasteiger partial charge in [-0.3, -0.25) is 9.52 Å². The first kappa shape index (κ1) is 14.5. The molecule has 0 bridgehead atoms. The number of hydrogen-bond donors (Lipinski definition) is 2. The van der Waals surface area contributed by atoms with Gasteiger partial charge in [0.15, 0.2) is 0 Å². The van der Waals surface area contributed by atoms with Crippen LogP contribution < -0.4 is 10.0 Å². The largest absolute Gasteiger partial charge is 0.350 e. The van der Waals surface area contributed by atoms with Crippen molar-refractivity contribution in [3.05, 3.63) is 29.8 Å². The van der Waals surface area contributed by atoms with E-state index < -0.39 is 10.0 Å². The fourth-order valence-electron chi connectivity index (χ4n) is 1.31. The summed E-state index contributed by atoms with van der Waals surface area (Å²) in [6.07, 6.45) is 1.94. The molecule has 0 aliphatic carbocycles. The van der Waals surface area contributed by atoms with E-state index in [1.54, 1.807) is 24.3 Å². The second-order valence-electron chi connectivity index (χ2n) is 4.23. The van der Waals surface area contributed by atoms with Gasteiger partial charge in [-0.25, -0.2) is 8.42 Å². The van der Waals surface area contributed by atoms with Gasteiger partial charge in [0.25, 0.3) is 5.91 Å². The zero-order valence-electron chi connectivity index (χ0n) is 10.7. The highest BCUT2D eigenvalue weighted by Crippen LogP contribution is 2.11. The molecule has 5 nitrogen and oxygen atoms in total. The molecule has 18 heavy (non-hydrogen) atoms. The molecule has 0 saturated carbocycles. The Bertz CT molecular complexity index is 509. The third-order valence-electron chi connectivity index (χ3n) is 2.44. The monoisotopic (exact) mass is 270 g/mol. The smallest absolute Gasteiger partial charge is 0.251 e. The molecule has 2 N–H and O–H groups in total. The van der Waals surface area contributed by atoms with E-state index in [9.17, 15) is 13.2 Å². The van der Waals surface area contributed by atoms with Crippen molar-refractivity contribution in [2.75, 3.05) is 11.0 Å². The van der Waals surface area contributed by atoms with Crippen LogP contribution in [0.25, 0.3) is 0 Å². The van der Waals surface area contributed by atoms with Gasteiger partial charge in [0.2, 0.25) is 10.0 Å². The SMILES string of the molecule is CC[C@@H](C)NC(=O)c1ccc(NS(C)(=O)=O)cc1. The Morgan fingerprint density at radius 1 is 1.28 bits per heavy atom. The van der Waals surface area contributed by atoms with Gasteiger partial charge < -0.3 is 5.32 Å². The molecule has 0 unspecified atom stereocenters. The quantitative estimate of drug-likeness (QED) is 0.853. The first-order valence-electron chi connectivity index (χ1n) is 5.70. The van der Waals surface area contributed by atoms with Crippen LogP contribution in [-0.2, 0) is 10.0 Å². The summed E-state index contributed by atoms with van der Waals surface area (Å²) in [6.45, 7) is 3.92. The molecule has 6 heteroatoms. The van der Waals surface area contributed by atoms with Crippen molar-refractivity contribution in [1.29, 1.82) is 0 Å². The summed E-state index contributed by atoms with van der Waals surface area (Å²) in [5.41, 5.74) is 0.951. The molecule has 0 saturated heterocycles. The van der Waals surface area contributed by atoms with E-state index in [0.717, 1.165) is 12.7 Å². The number of benzene rings is 1. The number of carbonyl (C=O) groups excluding carboxylic acids is 1. The van der Waals surface area contributed by atoms with Crippen molar-refractivity contribution in [1.82, 2.24) is 5.32 Å².